The topological polar surface area (TPSA) is 50.7 Å². The number of nitrogens with one attached hydrogen (secondary N) is 1. The summed E-state index contributed by atoms with van der Waals surface area (Å²) in [7, 11) is 0. The van der Waals surface area contributed by atoms with Crippen LogP contribution in [0.2, 0.25) is 0 Å². The summed E-state index contributed by atoms with van der Waals surface area (Å²) in [5.74, 6) is 0.221. The maximum Gasteiger partial charge on any atom is 0.309 e. The number of carbonyl (C=O) groups excluding carboxylic acids is 1. The fraction of sp³-hybridized carbons (Fsp3) is 0.429. The summed E-state index contributed by atoms with van der Waals surface area (Å²) in [6.07, 6.45) is 6.30. The number of carbonyl (C=O) groups is 1. The Bertz CT molecular complexity index is 793. The molecule has 1 heterocycles. The number of hydrogen-bond acceptors (Lipinski definition) is 4. The summed E-state index contributed by atoms with van der Waals surface area (Å²) in [4.78, 5) is 12.1. The molecule has 0 radical (unpaired) electrons. The Morgan fingerprint density at radius 3 is 2.80 bits per heavy atom. The van der Waals surface area contributed by atoms with Gasteiger partial charge in [0.05, 0.1) is 17.3 Å². The molecule has 25 heavy (non-hydrogen) atoms. The molecule has 0 spiro atoms. The Labute approximate surface area is 148 Å². The van der Waals surface area contributed by atoms with Gasteiger partial charge in [0.1, 0.15) is 6.10 Å². The third-order valence-corrected chi connectivity index (χ3v) is 6.02. The molecule has 4 rings (SSSR count). The molecule has 1 saturated heterocycles. The fourth-order valence-electron chi connectivity index (χ4n) is 4.46. The highest BCUT2D eigenvalue weighted by Gasteiger charge is 2.52. The number of ether oxygens (including phenoxy) is 1. The van der Waals surface area contributed by atoms with Crippen molar-refractivity contribution in [1.82, 2.24) is 0 Å². The van der Waals surface area contributed by atoms with E-state index >= 15 is 0 Å². The van der Waals surface area contributed by atoms with E-state index in [4.69, 9.17) is 4.74 Å². The number of benzene rings is 1. The van der Waals surface area contributed by atoms with Crippen molar-refractivity contribution in [2.75, 3.05) is 5.43 Å². The van der Waals surface area contributed by atoms with Gasteiger partial charge in [-0.15, -0.1) is 0 Å². The lowest BCUT2D eigenvalue weighted by Crippen LogP contribution is -2.40. The summed E-state index contributed by atoms with van der Waals surface area (Å²) in [5, 5.41) is 4.59. The molecule has 3 aliphatic rings. The molecule has 0 aromatic heterocycles. The van der Waals surface area contributed by atoms with Crippen LogP contribution in [-0.2, 0) is 9.53 Å². The first-order chi connectivity index (χ1) is 12.0. The standard InChI is InChI=1S/C21H24N2O2/c1-13-16-9-11-21(3)12-10-17(23-22-15-7-5-4-6-8-15)14(2)18(21)19(16)25-20(13)24/h4-8,10,12-13,16,19,22H,9,11H2,1-3H3. The molecule has 1 N–H and O–H groups in total. The number of hydrogen-bond donors (Lipinski definition) is 1. The lowest BCUT2D eigenvalue weighted by molar-refractivity contribution is -0.143. The van der Waals surface area contributed by atoms with E-state index in [0.717, 1.165) is 29.8 Å². The Morgan fingerprint density at radius 2 is 2.04 bits per heavy atom. The average Bonchev–Trinajstić information content (AvgIpc) is 2.89. The molecule has 1 aromatic rings. The van der Waals surface area contributed by atoms with E-state index in [1.54, 1.807) is 0 Å². The summed E-state index contributed by atoms with van der Waals surface area (Å²) < 4.78 is 5.79. The van der Waals surface area contributed by atoms with Gasteiger partial charge in [-0.2, -0.15) is 5.10 Å². The molecule has 0 bridgehead atoms. The predicted molar refractivity (Wildman–Crippen MR) is 99.2 cm³/mol. The Hall–Kier alpha value is -2.36. The van der Waals surface area contributed by atoms with E-state index < -0.39 is 0 Å². The largest absolute Gasteiger partial charge is 0.457 e. The van der Waals surface area contributed by atoms with Gasteiger partial charge in [0.25, 0.3) is 0 Å². The zero-order chi connectivity index (χ0) is 17.6. The molecule has 4 atom stereocenters. The minimum atomic E-state index is -0.104. The molecule has 1 aliphatic heterocycles. The molecule has 4 nitrogen and oxygen atoms in total. The van der Waals surface area contributed by atoms with Crippen LogP contribution >= 0.6 is 0 Å². The SMILES string of the molecule is CC1=C2C3OC(=O)C(C)C3CCC2(C)C=CC1=NNc1ccccc1. The smallest absolute Gasteiger partial charge is 0.309 e. The first-order valence-electron chi connectivity index (χ1n) is 9.00. The number of para-hydroxylation sites is 1. The number of esters is 1. The normalized spacial score (nSPS) is 35.4. The molecular weight excluding hydrogens is 312 g/mol. The van der Waals surface area contributed by atoms with Gasteiger partial charge in [0.2, 0.25) is 0 Å². The Morgan fingerprint density at radius 1 is 1.28 bits per heavy atom. The fourth-order valence-corrected chi connectivity index (χ4v) is 4.46. The molecule has 2 aliphatic carbocycles. The van der Waals surface area contributed by atoms with Crippen molar-refractivity contribution in [3.05, 3.63) is 53.6 Å². The van der Waals surface area contributed by atoms with Crippen LogP contribution in [0.15, 0.2) is 58.7 Å². The quantitative estimate of drug-likeness (QED) is 0.646. The van der Waals surface area contributed by atoms with Crippen molar-refractivity contribution in [1.29, 1.82) is 0 Å². The van der Waals surface area contributed by atoms with E-state index in [1.807, 2.05) is 37.3 Å². The van der Waals surface area contributed by atoms with Gasteiger partial charge in [-0.1, -0.05) is 38.1 Å². The Kier molecular flexibility index (Phi) is 3.78. The van der Waals surface area contributed by atoms with Gasteiger partial charge in [0, 0.05) is 11.3 Å². The van der Waals surface area contributed by atoms with Crippen LogP contribution in [0.5, 0.6) is 0 Å². The van der Waals surface area contributed by atoms with Crippen LogP contribution in [0.1, 0.15) is 33.6 Å². The van der Waals surface area contributed by atoms with Gasteiger partial charge >= 0.3 is 5.97 Å². The van der Waals surface area contributed by atoms with Crippen LogP contribution in [0.4, 0.5) is 5.69 Å². The third kappa shape index (κ3) is 2.60. The summed E-state index contributed by atoms with van der Waals surface area (Å²) in [5.41, 5.74) is 7.31. The van der Waals surface area contributed by atoms with E-state index in [1.165, 1.54) is 5.57 Å². The van der Waals surface area contributed by atoms with Crippen molar-refractivity contribution < 1.29 is 9.53 Å². The van der Waals surface area contributed by atoms with Crippen LogP contribution in [0, 0.1) is 17.3 Å². The molecular formula is C21H24N2O2. The first kappa shape index (κ1) is 16.1. The van der Waals surface area contributed by atoms with Crippen molar-refractivity contribution >= 4 is 17.4 Å². The predicted octanol–water partition coefficient (Wildman–Crippen LogP) is 4.32. The zero-order valence-corrected chi connectivity index (χ0v) is 15.0. The minimum Gasteiger partial charge on any atom is -0.457 e. The van der Waals surface area contributed by atoms with Crippen molar-refractivity contribution in [3.8, 4) is 0 Å². The minimum absolute atomic E-state index is 0.0106. The molecule has 1 saturated carbocycles. The number of rotatable bonds is 2. The monoisotopic (exact) mass is 336 g/mol. The molecule has 1 aromatic carbocycles. The maximum absolute atomic E-state index is 12.1. The van der Waals surface area contributed by atoms with Crippen LogP contribution in [0.3, 0.4) is 0 Å². The van der Waals surface area contributed by atoms with Gasteiger partial charge in [-0.05, 0) is 49.1 Å². The van der Waals surface area contributed by atoms with Crippen LogP contribution < -0.4 is 5.43 Å². The lowest BCUT2D eigenvalue weighted by atomic mass is 9.61. The van der Waals surface area contributed by atoms with E-state index in [0.29, 0.717) is 5.92 Å². The number of fused-ring (bicyclic) bond motifs is 3. The number of hydrazone groups is 1. The molecule has 0 amide bonds. The summed E-state index contributed by atoms with van der Waals surface area (Å²) in [6.45, 7) is 6.34. The second kappa shape index (κ2) is 5.87. The van der Waals surface area contributed by atoms with Gasteiger partial charge in [-0.25, -0.2) is 0 Å². The van der Waals surface area contributed by atoms with Crippen molar-refractivity contribution in [2.45, 2.75) is 39.7 Å². The molecule has 2 fully saturated rings. The van der Waals surface area contributed by atoms with E-state index in [2.05, 4.69) is 36.5 Å². The van der Waals surface area contributed by atoms with Crippen molar-refractivity contribution in [2.24, 2.45) is 22.4 Å². The first-order valence-corrected chi connectivity index (χ1v) is 9.00. The van der Waals surface area contributed by atoms with Gasteiger partial charge in [-0.3, -0.25) is 10.2 Å². The molecule has 4 unspecified atom stereocenters. The van der Waals surface area contributed by atoms with Crippen molar-refractivity contribution in [3.63, 3.8) is 0 Å². The second-order valence-electron chi connectivity index (χ2n) is 7.61. The molecule has 4 heteroatoms. The zero-order valence-electron chi connectivity index (χ0n) is 15.0. The highest BCUT2D eigenvalue weighted by atomic mass is 16.6. The van der Waals surface area contributed by atoms with E-state index in [-0.39, 0.29) is 23.4 Å². The number of allylic oxidation sites excluding steroid dienone is 3. The van der Waals surface area contributed by atoms with E-state index in [9.17, 15) is 4.79 Å². The highest BCUT2D eigenvalue weighted by Crippen LogP contribution is 2.53. The average molecular weight is 336 g/mol. The maximum atomic E-state index is 12.1. The van der Waals surface area contributed by atoms with Gasteiger partial charge in [0.15, 0.2) is 0 Å². The lowest BCUT2D eigenvalue weighted by Gasteiger charge is -2.43. The second-order valence-corrected chi connectivity index (χ2v) is 7.61. The third-order valence-electron chi connectivity index (χ3n) is 6.02. The number of nitrogens with zero attached hydrogens (tertiary/aromatic N) is 1. The number of anilines is 1. The summed E-state index contributed by atoms with van der Waals surface area (Å²) >= 11 is 0. The Balaban J connectivity index is 1.69. The summed E-state index contributed by atoms with van der Waals surface area (Å²) in [6, 6.07) is 9.91. The van der Waals surface area contributed by atoms with Gasteiger partial charge < -0.3 is 4.74 Å². The van der Waals surface area contributed by atoms with Crippen LogP contribution in [0.25, 0.3) is 0 Å². The van der Waals surface area contributed by atoms with Crippen LogP contribution in [-0.4, -0.2) is 17.8 Å². The molecule has 130 valence electrons. The highest BCUT2D eigenvalue weighted by molar-refractivity contribution is 6.10.